The van der Waals surface area contributed by atoms with Gasteiger partial charge in [0.2, 0.25) is 5.88 Å². The highest BCUT2D eigenvalue weighted by Gasteiger charge is 2.16. The molecule has 0 spiro atoms. The predicted molar refractivity (Wildman–Crippen MR) is 114 cm³/mol. The van der Waals surface area contributed by atoms with E-state index >= 15 is 0 Å². The lowest BCUT2D eigenvalue weighted by Crippen LogP contribution is -2.36. The zero-order valence-electron chi connectivity index (χ0n) is 17.5. The highest BCUT2D eigenvalue weighted by atomic mass is 16.5. The number of nitrogens with one attached hydrogen (secondary N) is 1. The number of aromatic nitrogens is 2. The first-order valence-electron chi connectivity index (χ1n) is 9.62. The van der Waals surface area contributed by atoms with Crippen LogP contribution in [0.15, 0.2) is 59.4 Å². The summed E-state index contributed by atoms with van der Waals surface area (Å²) in [7, 11) is 1.60. The van der Waals surface area contributed by atoms with Crippen LogP contribution in [0.25, 0.3) is 5.69 Å². The zero-order valence-corrected chi connectivity index (χ0v) is 17.5. The zero-order chi connectivity index (χ0) is 21.7. The molecule has 2 aromatic carbocycles. The van der Waals surface area contributed by atoms with Crippen LogP contribution in [-0.2, 0) is 11.3 Å². The lowest BCUT2D eigenvalue weighted by atomic mass is 10.1. The van der Waals surface area contributed by atoms with Crippen LogP contribution in [0.3, 0.4) is 0 Å². The van der Waals surface area contributed by atoms with Crippen molar-refractivity contribution >= 4 is 5.91 Å². The van der Waals surface area contributed by atoms with E-state index in [9.17, 15) is 9.59 Å². The van der Waals surface area contributed by atoms with Gasteiger partial charge in [-0.05, 0) is 61.7 Å². The molecule has 156 valence electrons. The average Bonchev–Trinajstić information content (AvgIpc) is 2.75. The molecular formula is C23H25N3O4. The molecule has 0 fully saturated rings. The Bertz CT molecular complexity index is 1090. The molecule has 3 rings (SSSR count). The minimum atomic E-state index is -0.776. The Morgan fingerprint density at radius 3 is 2.47 bits per heavy atom. The van der Waals surface area contributed by atoms with Gasteiger partial charge in [0.1, 0.15) is 5.75 Å². The maximum absolute atomic E-state index is 12.4. The normalized spacial score (nSPS) is 11.6. The summed E-state index contributed by atoms with van der Waals surface area (Å²) in [5.74, 6) is 0.670. The standard InChI is InChI=1S/C23H25N3O4/c1-15-5-8-19(13-16(15)2)26-22(27)12-11-21(25-26)30-17(3)23(28)24-14-18-6-9-20(29-4)10-7-18/h5-13,17H,14H2,1-4H3,(H,24,28)/t17-/m1/s1. The molecule has 0 radical (unpaired) electrons. The van der Waals surface area contributed by atoms with Crippen molar-refractivity contribution in [2.45, 2.75) is 33.4 Å². The smallest absolute Gasteiger partial charge is 0.271 e. The fraction of sp³-hybridized carbons (Fsp3) is 0.261. The van der Waals surface area contributed by atoms with E-state index < -0.39 is 6.10 Å². The molecule has 7 heteroatoms. The van der Waals surface area contributed by atoms with Crippen molar-refractivity contribution in [1.29, 1.82) is 0 Å². The van der Waals surface area contributed by atoms with E-state index in [1.807, 2.05) is 56.3 Å². The number of methoxy groups -OCH3 is 1. The Morgan fingerprint density at radius 1 is 1.07 bits per heavy atom. The molecule has 0 unspecified atom stereocenters. The quantitative estimate of drug-likeness (QED) is 0.651. The largest absolute Gasteiger partial charge is 0.497 e. The van der Waals surface area contributed by atoms with Gasteiger partial charge in [0.25, 0.3) is 11.5 Å². The van der Waals surface area contributed by atoms with Gasteiger partial charge >= 0.3 is 0 Å². The number of hydrogen-bond donors (Lipinski definition) is 1. The van der Waals surface area contributed by atoms with E-state index in [1.165, 1.54) is 16.8 Å². The van der Waals surface area contributed by atoms with Crippen molar-refractivity contribution < 1.29 is 14.3 Å². The third kappa shape index (κ3) is 5.05. The molecule has 0 aliphatic carbocycles. The molecule has 1 N–H and O–H groups in total. The van der Waals surface area contributed by atoms with Crippen LogP contribution in [0.4, 0.5) is 0 Å². The summed E-state index contributed by atoms with van der Waals surface area (Å²) in [6, 6.07) is 15.9. The summed E-state index contributed by atoms with van der Waals surface area (Å²) in [5, 5.41) is 7.09. The highest BCUT2D eigenvalue weighted by Crippen LogP contribution is 2.14. The third-order valence-corrected chi connectivity index (χ3v) is 4.80. The first-order valence-corrected chi connectivity index (χ1v) is 9.62. The summed E-state index contributed by atoms with van der Waals surface area (Å²) in [6.07, 6.45) is -0.776. The van der Waals surface area contributed by atoms with Crippen molar-refractivity contribution in [2.24, 2.45) is 0 Å². The number of rotatable bonds is 7. The molecule has 1 aromatic heterocycles. The average molecular weight is 407 g/mol. The van der Waals surface area contributed by atoms with Crippen LogP contribution in [0, 0.1) is 13.8 Å². The summed E-state index contributed by atoms with van der Waals surface area (Å²) in [6.45, 7) is 5.98. The van der Waals surface area contributed by atoms with E-state index in [2.05, 4.69) is 10.4 Å². The van der Waals surface area contributed by atoms with Crippen LogP contribution in [0.1, 0.15) is 23.6 Å². The second-order valence-electron chi connectivity index (χ2n) is 7.02. The highest BCUT2D eigenvalue weighted by molar-refractivity contribution is 5.80. The van der Waals surface area contributed by atoms with Gasteiger partial charge in [-0.1, -0.05) is 18.2 Å². The van der Waals surface area contributed by atoms with Gasteiger partial charge in [-0.15, -0.1) is 5.10 Å². The van der Waals surface area contributed by atoms with E-state index in [0.29, 0.717) is 12.2 Å². The molecule has 0 aliphatic rings. The number of carbonyl (C=O) groups excluding carboxylic acids is 1. The Hall–Kier alpha value is -3.61. The van der Waals surface area contributed by atoms with Crippen LogP contribution in [-0.4, -0.2) is 28.9 Å². The lowest BCUT2D eigenvalue weighted by molar-refractivity contribution is -0.127. The molecule has 1 atom stereocenters. The Kier molecular flexibility index (Phi) is 6.51. The summed E-state index contributed by atoms with van der Waals surface area (Å²) in [5.41, 5.74) is 3.49. The molecule has 0 aliphatic heterocycles. The fourth-order valence-electron chi connectivity index (χ4n) is 2.81. The monoisotopic (exact) mass is 407 g/mol. The Labute approximate surface area is 175 Å². The molecule has 0 bridgehead atoms. The summed E-state index contributed by atoms with van der Waals surface area (Å²) in [4.78, 5) is 24.6. The number of aryl methyl sites for hydroxylation is 2. The van der Waals surface area contributed by atoms with Crippen LogP contribution < -0.4 is 20.3 Å². The number of nitrogens with zero attached hydrogens (tertiary/aromatic N) is 2. The van der Waals surface area contributed by atoms with Gasteiger partial charge in [-0.25, -0.2) is 0 Å². The summed E-state index contributed by atoms with van der Waals surface area (Å²) < 4.78 is 12.1. The van der Waals surface area contributed by atoms with Gasteiger partial charge < -0.3 is 14.8 Å². The second kappa shape index (κ2) is 9.26. The molecular weight excluding hydrogens is 382 g/mol. The lowest BCUT2D eigenvalue weighted by Gasteiger charge is -2.15. The van der Waals surface area contributed by atoms with Gasteiger partial charge in [0.05, 0.1) is 12.8 Å². The van der Waals surface area contributed by atoms with Crippen molar-refractivity contribution in [3.8, 4) is 17.3 Å². The van der Waals surface area contributed by atoms with E-state index in [-0.39, 0.29) is 17.3 Å². The van der Waals surface area contributed by atoms with Crippen molar-refractivity contribution in [3.05, 3.63) is 81.6 Å². The first-order chi connectivity index (χ1) is 14.4. The van der Waals surface area contributed by atoms with Crippen LogP contribution >= 0.6 is 0 Å². The van der Waals surface area contributed by atoms with Gasteiger partial charge in [-0.2, -0.15) is 4.68 Å². The van der Waals surface area contributed by atoms with E-state index in [1.54, 1.807) is 14.0 Å². The molecule has 1 heterocycles. The van der Waals surface area contributed by atoms with E-state index in [4.69, 9.17) is 9.47 Å². The number of carbonyl (C=O) groups is 1. The Morgan fingerprint density at radius 2 is 1.80 bits per heavy atom. The number of amides is 1. The van der Waals surface area contributed by atoms with E-state index in [0.717, 1.165) is 22.4 Å². The first kappa shape index (κ1) is 21.1. The Balaban J connectivity index is 1.66. The summed E-state index contributed by atoms with van der Waals surface area (Å²) >= 11 is 0. The molecule has 1 amide bonds. The predicted octanol–water partition coefficient (Wildman–Crippen LogP) is 2.94. The van der Waals surface area contributed by atoms with Gasteiger partial charge in [0, 0.05) is 18.7 Å². The minimum Gasteiger partial charge on any atom is -0.497 e. The minimum absolute atomic E-state index is 0.194. The molecule has 7 nitrogen and oxygen atoms in total. The fourth-order valence-corrected chi connectivity index (χ4v) is 2.81. The maximum Gasteiger partial charge on any atom is 0.271 e. The second-order valence-corrected chi connectivity index (χ2v) is 7.02. The van der Waals surface area contributed by atoms with Gasteiger partial charge in [-0.3, -0.25) is 9.59 Å². The van der Waals surface area contributed by atoms with Crippen LogP contribution in [0.5, 0.6) is 11.6 Å². The molecule has 0 saturated heterocycles. The van der Waals surface area contributed by atoms with Crippen molar-refractivity contribution in [1.82, 2.24) is 15.1 Å². The number of hydrogen-bond acceptors (Lipinski definition) is 5. The number of benzene rings is 2. The van der Waals surface area contributed by atoms with Crippen molar-refractivity contribution in [3.63, 3.8) is 0 Å². The molecule has 3 aromatic rings. The SMILES string of the molecule is COc1ccc(CNC(=O)[C@@H](C)Oc2ccc(=O)n(-c3ccc(C)c(C)c3)n2)cc1. The topological polar surface area (TPSA) is 82.5 Å². The van der Waals surface area contributed by atoms with Crippen molar-refractivity contribution in [2.75, 3.05) is 7.11 Å². The van der Waals surface area contributed by atoms with Crippen LogP contribution in [0.2, 0.25) is 0 Å². The van der Waals surface area contributed by atoms with Gasteiger partial charge in [0.15, 0.2) is 6.10 Å². The molecule has 30 heavy (non-hydrogen) atoms. The number of ether oxygens (including phenoxy) is 2. The maximum atomic E-state index is 12.4. The molecule has 0 saturated carbocycles. The third-order valence-electron chi connectivity index (χ3n) is 4.80.